The number of likely N-dealkylation sites (tertiary alicyclic amines) is 1. The zero-order valence-corrected chi connectivity index (χ0v) is 12.7. The van der Waals surface area contributed by atoms with Gasteiger partial charge in [0.2, 0.25) is 0 Å². The van der Waals surface area contributed by atoms with Crippen LogP contribution in [0.3, 0.4) is 0 Å². The van der Waals surface area contributed by atoms with Crippen molar-refractivity contribution in [1.29, 1.82) is 0 Å². The summed E-state index contributed by atoms with van der Waals surface area (Å²) in [5.74, 6) is 0.0788. The minimum Gasteiger partial charge on any atom is -0.472 e. The van der Waals surface area contributed by atoms with Crippen molar-refractivity contribution in [3.8, 4) is 0 Å². The molecule has 2 aliphatic rings. The Hall–Kier alpha value is -1.33. The van der Waals surface area contributed by atoms with Gasteiger partial charge in [-0.1, -0.05) is 6.92 Å². The summed E-state index contributed by atoms with van der Waals surface area (Å²) < 4.78 is 10.9. The van der Waals surface area contributed by atoms with Gasteiger partial charge in [-0.25, -0.2) is 0 Å². The Morgan fingerprint density at radius 3 is 3.05 bits per heavy atom. The van der Waals surface area contributed by atoms with E-state index in [1.807, 2.05) is 4.90 Å². The van der Waals surface area contributed by atoms with Gasteiger partial charge in [0.15, 0.2) is 0 Å². The van der Waals surface area contributed by atoms with Crippen molar-refractivity contribution in [2.75, 3.05) is 45.9 Å². The highest BCUT2D eigenvalue weighted by atomic mass is 16.5. The Morgan fingerprint density at radius 1 is 1.38 bits per heavy atom. The van der Waals surface area contributed by atoms with E-state index in [-0.39, 0.29) is 11.3 Å². The number of furan rings is 1. The average Bonchev–Trinajstić information content (AvgIpc) is 2.97. The number of amides is 1. The van der Waals surface area contributed by atoms with Gasteiger partial charge < -0.3 is 19.0 Å². The van der Waals surface area contributed by atoms with Crippen LogP contribution in [0.1, 0.15) is 30.1 Å². The zero-order valence-electron chi connectivity index (χ0n) is 12.7. The Balaban J connectivity index is 1.73. The number of hydrogen-bond donors (Lipinski definition) is 0. The van der Waals surface area contributed by atoms with Crippen LogP contribution in [0.4, 0.5) is 0 Å². The standard InChI is InChI=1S/C16H24N2O3/c1-2-17-7-9-21-13-16(11-17)5-3-6-18(12-16)15(19)14-4-8-20-10-14/h4,8,10H,2-3,5-7,9,11-13H2,1H3. The maximum absolute atomic E-state index is 12.5. The fraction of sp³-hybridized carbons (Fsp3) is 0.688. The van der Waals surface area contributed by atoms with E-state index in [0.29, 0.717) is 5.56 Å². The summed E-state index contributed by atoms with van der Waals surface area (Å²) in [5.41, 5.74) is 0.735. The molecule has 0 N–H and O–H groups in total. The minimum absolute atomic E-state index is 0.0788. The summed E-state index contributed by atoms with van der Waals surface area (Å²) in [6, 6.07) is 1.74. The van der Waals surface area contributed by atoms with Crippen LogP contribution >= 0.6 is 0 Å². The molecule has 1 aromatic rings. The van der Waals surface area contributed by atoms with Crippen LogP contribution in [0.15, 0.2) is 23.0 Å². The number of ether oxygens (including phenoxy) is 1. The normalized spacial score (nSPS) is 27.8. The molecule has 0 aliphatic carbocycles. The quantitative estimate of drug-likeness (QED) is 0.834. The molecule has 21 heavy (non-hydrogen) atoms. The molecule has 1 spiro atoms. The summed E-state index contributed by atoms with van der Waals surface area (Å²) in [7, 11) is 0. The zero-order chi connectivity index (χ0) is 14.7. The molecule has 1 aromatic heterocycles. The van der Waals surface area contributed by atoms with E-state index in [1.54, 1.807) is 12.3 Å². The first-order chi connectivity index (χ1) is 10.2. The molecule has 116 valence electrons. The molecular formula is C16H24N2O3. The second-order valence-electron chi connectivity index (χ2n) is 6.26. The molecule has 5 heteroatoms. The molecule has 0 aromatic carbocycles. The van der Waals surface area contributed by atoms with Crippen LogP contribution in [0.5, 0.6) is 0 Å². The lowest BCUT2D eigenvalue weighted by atomic mass is 9.80. The average molecular weight is 292 g/mol. The third-order valence-electron chi connectivity index (χ3n) is 4.68. The first-order valence-electron chi connectivity index (χ1n) is 7.84. The number of rotatable bonds is 2. The third kappa shape index (κ3) is 3.14. The topological polar surface area (TPSA) is 45.9 Å². The molecule has 2 fully saturated rings. The molecule has 3 rings (SSSR count). The summed E-state index contributed by atoms with van der Waals surface area (Å²) in [4.78, 5) is 16.9. The first kappa shape index (κ1) is 14.6. The summed E-state index contributed by atoms with van der Waals surface area (Å²) in [6.45, 7) is 8.43. The van der Waals surface area contributed by atoms with E-state index >= 15 is 0 Å². The van der Waals surface area contributed by atoms with Crippen LogP contribution in [0.25, 0.3) is 0 Å². The number of carbonyl (C=O) groups is 1. The molecule has 2 saturated heterocycles. The van der Waals surface area contributed by atoms with Gasteiger partial charge in [-0.3, -0.25) is 4.79 Å². The van der Waals surface area contributed by atoms with Gasteiger partial charge in [-0.05, 0) is 25.5 Å². The maximum atomic E-state index is 12.5. The van der Waals surface area contributed by atoms with Crippen molar-refractivity contribution in [3.63, 3.8) is 0 Å². The molecule has 0 bridgehead atoms. The Morgan fingerprint density at radius 2 is 2.29 bits per heavy atom. The molecule has 2 aliphatic heterocycles. The summed E-state index contributed by atoms with van der Waals surface area (Å²) >= 11 is 0. The smallest absolute Gasteiger partial charge is 0.257 e. The Labute approximate surface area is 125 Å². The molecule has 0 radical (unpaired) electrons. The fourth-order valence-electron chi connectivity index (χ4n) is 3.55. The summed E-state index contributed by atoms with van der Waals surface area (Å²) in [6.07, 6.45) is 5.27. The molecule has 1 atom stereocenters. The van der Waals surface area contributed by atoms with E-state index < -0.39 is 0 Å². The van der Waals surface area contributed by atoms with E-state index in [2.05, 4.69) is 11.8 Å². The lowest BCUT2D eigenvalue weighted by Crippen LogP contribution is -2.52. The van der Waals surface area contributed by atoms with Crippen LogP contribution in [-0.4, -0.2) is 61.6 Å². The summed E-state index contributed by atoms with van der Waals surface area (Å²) in [5, 5.41) is 0. The van der Waals surface area contributed by atoms with Gasteiger partial charge in [-0.15, -0.1) is 0 Å². The lowest BCUT2D eigenvalue weighted by Gasteiger charge is -2.43. The highest BCUT2D eigenvalue weighted by molar-refractivity contribution is 5.93. The van der Waals surface area contributed by atoms with Gasteiger partial charge in [0.1, 0.15) is 6.26 Å². The van der Waals surface area contributed by atoms with Crippen molar-refractivity contribution < 1.29 is 13.9 Å². The minimum atomic E-state index is 0.0788. The predicted octanol–water partition coefficient (Wildman–Crippen LogP) is 1.85. The molecule has 0 saturated carbocycles. The van der Waals surface area contributed by atoms with Crippen molar-refractivity contribution in [2.24, 2.45) is 5.41 Å². The highest BCUT2D eigenvalue weighted by Gasteiger charge is 2.40. The third-order valence-corrected chi connectivity index (χ3v) is 4.68. The number of likely N-dealkylation sites (N-methyl/N-ethyl adjacent to an activating group) is 1. The number of piperidine rings is 1. The number of hydrogen-bond acceptors (Lipinski definition) is 4. The largest absolute Gasteiger partial charge is 0.472 e. The van der Waals surface area contributed by atoms with Gasteiger partial charge in [-0.2, -0.15) is 0 Å². The van der Waals surface area contributed by atoms with E-state index in [4.69, 9.17) is 9.15 Å². The SMILES string of the molecule is CCN1CCOCC2(CCCN(C(=O)c3ccoc3)C2)C1. The number of carbonyl (C=O) groups excluding carboxylic acids is 1. The molecule has 5 nitrogen and oxygen atoms in total. The second kappa shape index (κ2) is 6.20. The maximum Gasteiger partial charge on any atom is 0.257 e. The van der Waals surface area contributed by atoms with Crippen molar-refractivity contribution in [3.05, 3.63) is 24.2 Å². The van der Waals surface area contributed by atoms with Crippen LogP contribution in [-0.2, 0) is 4.74 Å². The van der Waals surface area contributed by atoms with Crippen LogP contribution in [0.2, 0.25) is 0 Å². The molecule has 3 heterocycles. The molecule has 1 unspecified atom stereocenters. The second-order valence-corrected chi connectivity index (χ2v) is 6.26. The lowest BCUT2D eigenvalue weighted by molar-refractivity contribution is 0.00764. The number of nitrogens with zero attached hydrogens (tertiary/aromatic N) is 2. The predicted molar refractivity (Wildman–Crippen MR) is 79.2 cm³/mol. The highest BCUT2D eigenvalue weighted by Crippen LogP contribution is 2.33. The van der Waals surface area contributed by atoms with Crippen molar-refractivity contribution in [1.82, 2.24) is 9.80 Å². The molecular weight excluding hydrogens is 268 g/mol. The van der Waals surface area contributed by atoms with E-state index in [9.17, 15) is 4.79 Å². The Kier molecular flexibility index (Phi) is 4.31. The Bertz CT molecular complexity index is 474. The van der Waals surface area contributed by atoms with Gasteiger partial charge >= 0.3 is 0 Å². The fourth-order valence-corrected chi connectivity index (χ4v) is 3.55. The van der Waals surface area contributed by atoms with Crippen molar-refractivity contribution >= 4 is 5.91 Å². The first-order valence-corrected chi connectivity index (χ1v) is 7.84. The van der Waals surface area contributed by atoms with E-state index in [0.717, 1.165) is 58.8 Å². The van der Waals surface area contributed by atoms with Gasteiger partial charge in [0.05, 0.1) is 25.0 Å². The van der Waals surface area contributed by atoms with Crippen molar-refractivity contribution in [2.45, 2.75) is 19.8 Å². The molecule has 1 amide bonds. The van der Waals surface area contributed by atoms with Crippen LogP contribution in [0, 0.1) is 5.41 Å². The monoisotopic (exact) mass is 292 g/mol. The van der Waals surface area contributed by atoms with Crippen LogP contribution < -0.4 is 0 Å². The van der Waals surface area contributed by atoms with Gasteiger partial charge in [0, 0.05) is 31.6 Å². The van der Waals surface area contributed by atoms with E-state index in [1.165, 1.54) is 6.26 Å². The van der Waals surface area contributed by atoms with Gasteiger partial charge in [0.25, 0.3) is 5.91 Å².